The molecular weight excluding hydrogens is 426 g/mol. The van der Waals surface area contributed by atoms with Crippen molar-refractivity contribution in [1.29, 1.82) is 0 Å². The average Bonchev–Trinajstić information content (AvgIpc) is 2.67. The van der Waals surface area contributed by atoms with Crippen molar-refractivity contribution < 1.29 is 19.1 Å². The fourth-order valence-electron chi connectivity index (χ4n) is 3.10. The summed E-state index contributed by atoms with van der Waals surface area (Å²) in [5, 5.41) is 8.33. The number of hydrogen-bond acceptors (Lipinski definition) is 4. The maximum absolute atomic E-state index is 13.2. The first kappa shape index (κ1) is 19.8. The number of carbonyl (C=O) groups excluding carboxylic acids is 2. The SMILES string of the molecule is COc1ccccc1NC(=O)C1=C(C)NC(=O)N[C@H]1c1cc(Br)ccc1OC. The van der Waals surface area contributed by atoms with E-state index in [1.807, 2.05) is 18.2 Å². The highest BCUT2D eigenvalue weighted by Gasteiger charge is 2.33. The molecule has 0 saturated carbocycles. The molecule has 0 unspecified atom stereocenters. The van der Waals surface area contributed by atoms with E-state index in [2.05, 4.69) is 31.9 Å². The molecule has 28 heavy (non-hydrogen) atoms. The Morgan fingerprint density at radius 1 is 1.11 bits per heavy atom. The molecule has 0 bridgehead atoms. The summed E-state index contributed by atoms with van der Waals surface area (Å²) in [6.07, 6.45) is 0. The molecule has 1 heterocycles. The second-order valence-electron chi connectivity index (χ2n) is 6.11. The summed E-state index contributed by atoms with van der Waals surface area (Å²) >= 11 is 3.43. The third kappa shape index (κ3) is 3.96. The van der Waals surface area contributed by atoms with Gasteiger partial charge in [0.25, 0.3) is 5.91 Å². The Hall–Kier alpha value is -3.00. The first-order chi connectivity index (χ1) is 13.4. The van der Waals surface area contributed by atoms with Crippen LogP contribution in [0, 0.1) is 0 Å². The van der Waals surface area contributed by atoms with Crippen LogP contribution in [-0.2, 0) is 4.79 Å². The number of nitrogens with one attached hydrogen (secondary N) is 3. The number of hydrogen-bond donors (Lipinski definition) is 3. The zero-order valence-electron chi connectivity index (χ0n) is 15.6. The molecule has 0 spiro atoms. The third-order valence-corrected chi connectivity index (χ3v) is 4.86. The summed E-state index contributed by atoms with van der Waals surface area (Å²) in [4.78, 5) is 25.3. The number of anilines is 1. The molecule has 8 heteroatoms. The molecule has 2 aromatic rings. The van der Waals surface area contributed by atoms with Gasteiger partial charge in [-0.2, -0.15) is 0 Å². The molecule has 3 rings (SSSR count). The number of carbonyl (C=O) groups is 2. The Balaban J connectivity index is 2.03. The molecule has 0 radical (unpaired) electrons. The molecule has 7 nitrogen and oxygen atoms in total. The van der Waals surface area contributed by atoms with E-state index in [4.69, 9.17) is 9.47 Å². The van der Waals surface area contributed by atoms with Crippen LogP contribution in [0.15, 0.2) is 58.2 Å². The van der Waals surface area contributed by atoms with Crippen LogP contribution < -0.4 is 25.4 Å². The maximum Gasteiger partial charge on any atom is 0.319 e. The van der Waals surface area contributed by atoms with Crippen LogP contribution in [-0.4, -0.2) is 26.2 Å². The number of allylic oxidation sites excluding steroid dienone is 1. The Morgan fingerprint density at radius 2 is 1.82 bits per heavy atom. The zero-order valence-corrected chi connectivity index (χ0v) is 17.2. The van der Waals surface area contributed by atoms with Crippen molar-refractivity contribution in [2.75, 3.05) is 19.5 Å². The van der Waals surface area contributed by atoms with E-state index in [0.717, 1.165) is 4.47 Å². The molecule has 1 atom stereocenters. The lowest BCUT2D eigenvalue weighted by Gasteiger charge is -2.29. The summed E-state index contributed by atoms with van der Waals surface area (Å²) < 4.78 is 11.5. The van der Waals surface area contributed by atoms with E-state index in [0.29, 0.717) is 34.0 Å². The number of ether oxygens (including phenoxy) is 2. The molecule has 1 aliphatic rings. The lowest BCUT2D eigenvalue weighted by Crippen LogP contribution is -2.46. The van der Waals surface area contributed by atoms with E-state index < -0.39 is 12.1 Å². The van der Waals surface area contributed by atoms with Gasteiger partial charge < -0.3 is 25.4 Å². The van der Waals surface area contributed by atoms with E-state index in [9.17, 15) is 9.59 Å². The first-order valence-corrected chi connectivity index (χ1v) is 9.30. The van der Waals surface area contributed by atoms with Crippen molar-refractivity contribution in [3.8, 4) is 11.5 Å². The smallest absolute Gasteiger partial charge is 0.319 e. The summed E-state index contributed by atoms with van der Waals surface area (Å²) in [6.45, 7) is 1.69. The Labute approximate surface area is 171 Å². The molecular formula is C20H20BrN3O4. The summed E-state index contributed by atoms with van der Waals surface area (Å²) in [5.74, 6) is 0.741. The van der Waals surface area contributed by atoms with Crippen LogP contribution in [0.2, 0.25) is 0 Å². The minimum atomic E-state index is -0.684. The van der Waals surface area contributed by atoms with Gasteiger partial charge in [0.1, 0.15) is 11.5 Å². The van der Waals surface area contributed by atoms with Crippen LogP contribution in [0.3, 0.4) is 0 Å². The van der Waals surface area contributed by atoms with Gasteiger partial charge in [-0.15, -0.1) is 0 Å². The van der Waals surface area contributed by atoms with Crippen molar-refractivity contribution in [2.45, 2.75) is 13.0 Å². The van der Waals surface area contributed by atoms with E-state index in [1.54, 1.807) is 38.3 Å². The summed E-state index contributed by atoms with van der Waals surface area (Å²) in [5.41, 5.74) is 2.04. The van der Waals surface area contributed by atoms with Crippen molar-refractivity contribution in [3.05, 3.63) is 63.8 Å². The second-order valence-corrected chi connectivity index (χ2v) is 7.03. The van der Waals surface area contributed by atoms with Crippen LogP contribution >= 0.6 is 15.9 Å². The molecule has 0 fully saturated rings. The second kappa shape index (κ2) is 8.35. The van der Waals surface area contributed by atoms with Crippen LogP contribution in [0.4, 0.5) is 10.5 Å². The maximum atomic E-state index is 13.2. The van der Waals surface area contributed by atoms with Crippen molar-refractivity contribution in [2.24, 2.45) is 0 Å². The predicted molar refractivity (Wildman–Crippen MR) is 109 cm³/mol. The highest BCUT2D eigenvalue weighted by atomic mass is 79.9. The number of rotatable bonds is 5. The Kier molecular flexibility index (Phi) is 5.89. The van der Waals surface area contributed by atoms with E-state index >= 15 is 0 Å². The number of halogens is 1. The largest absolute Gasteiger partial charge is 0.496 e. The predicted octanol–water partition coefficient (Wildman–Crippen LogP) is 3.73. The van der Waals surface area contributed by atoms with Gasteiger partial charge in [0.2, 0.25) is 0 Å². The van der Waals surface area contributed by atoms with Gasteiger partial charge >= 0.3 is 6.03 Å². The van der Waals surface area contributed by atoms with Gasteiger partial charge in [-0.3, -0.25) is 4.79 Å². The van der Waals surface area contributed by atoms with Crippen molar-refractivity contribution in [3.63, 3.8) is 0 Å². The molecule has 3 N–H and O–H groups in total. The fourth-order valence-corrected chi connectivity index (χ4v) is 3.48. The number of methoxy groups -OCH3 is 2. The fraction of sp³-hybridized carbons (Fsp3) is 0.200. The zero-order chi connectivity index (χ0) is 20.3. The van der Waals surface area contributed by atoms with Gasteiger partial charge in [0, 0.05) is 15.7 Å². The Morgan fingerprint density at radius 3 is 2.54 bits per heavy atom. The highest BCUT2D eigenvalue weighted by molar-refractivity contribution is 9.10. The monoisotopic (exact) mass is 445 g/mol. The molecule has 2 aromatic carbocycles. The molecule has 146 valence electrons. The number of benzene rings is 2. The van der Waals surface area contributed by atoms with Gasteiger partial charge in [-0.25, -0.2) is 4.79 Å². The minimum absolute atomic E-state index is 0.360. The molecule has 3 amide bonds. The van der Waals surface area contributed by atoms with E-state index in [-0.39, 0.29) is 5.91 Å². The summed E-state index contributed by atoms with van der Waals surface area (Å²) in [7, 11) is 3.08. The standard InChI is InChI=1S/C20H20BrN3O4/c1-11-17(19(25)23-14-6-4-5-7-16(14)28-3)18(24-20(26)22-11)13-10-12(21)8-9-15(13)27-2/h4-10,18H,1-3H3,(H,23,25)(H2,22,24,26)/t18-/m0/s1. The molecule has 0 aromatic heterocycles. The van der Waals surface area contributed by atoms with Gasteiger partial charge in [0.15, 0.2) is 0 Å². The normalized spacial score (nSPS) is 16.1. The molecule has 0 saturated heterocycles. The lowest BCUT2D eigenvalue weighted by atomic mass is 9.94. The third-order valence-electron chi connectivity index (χ3n) is 4.37. The van der Waals surface area contributed by atoms with Crippen molar-refractivity contribution >= 4 is 33.6 Å². The van der Waals surface area contributed by atoms with E-state index in [1.165, 1.54) is 7.11 Å². The number of urea groups is 1. The average molecular weight is 446 g/mol. The van der Waals surface area contributed by atoms with Crippen LogP contribution in [0.1, 0.15) is 18.5 Å². The first-order valence-electron chi connectivity index (χ1n) is 8.50. The number of amides is 3. The van der Waals surface area contributed by atoms with Crippen LogP contribution in [0.25, 0.3) is 0 Å². The van der Waals surface area contributed by atoms with Crippen molar-refractivity contribution in [1.82, 2.24) is 10.6 Å². The quantitative estimate of drug-likeness (QED) is 0.653. The molecule has 0 aliphatic carbocycles. The topological polar surface area (TPSA) is 88.7 Å². The van der Waals surface area contributed by atoms with Gasteiger partial charge in [0.05, 0.1) is 31.5 Å². The molecule has 1 aliphatic heterocycles. The lowest BCUT2D eigenvalue weighted by molar-refractivity contribution is -0.113. The highest BCUT2D eigenvalue weighted by Crippen LogP contribution is 2.35. The van der Waals surface area contributed by atoms with Crippen LogP contribution in [0.5, 0.6) is 11.5 Å². The Bertz CT molecular complexity index is 958. The minimum Gasteiger partial charge on any atom is -0.496 e. The van der Waals surface area contributed by atoms with Gasteiger partial charge in [-0.1, -0.05) is 28.1 Å². The van der Waals surface area contributed by atoms with Gasteiger partial charge in [-0.05, 0) is 37.3 Å². The number of para-hydroxylation sites is 2. The summed E-state index contributed by atoms with van der Waals surface area (Å²) in [6, 6.07) is 11.5.